The van der Waals surface area contributed by atoms with Gasteiger partial charge < -0.3 is 9.63 Å². The summed E-state index contributed by atoms with van der Waals surface area (Å²) in [6.45, 7) is 8.52. The minimum absolute atomic E-state index is 0.381. The van der Waals surface area contributed by atoms with E-state index in [9.17, 15) is 5.11 Å². The Labute approximate surface area is 103 Å². The smallest absolute Gasteiger partial charge is 0.229 e. The van der Waals surface area contributed by atoms with Crippen LogP contribution in [0, 0.1) is 11.8 Å². The first-order valence-electron chi connectivity index (χ1n) is 6.47. The molecule has 4 nitrogen and oxygen atoms in total. The van der Waals surface area contributed by atoms with Crippen LogP contribution in [0.2, 0.25) is 0 Å². The van der Waals surface area contributed by atoms with Crippen molar-refractivity contribution in [1.82, 2.24) is 10.1 Å². The molecule has 17 heavy (non-hydrogen) atoms. The highest BCUT2D eigenvalue weighted by molar-refractivity contribution is 4.88. The van der Waals surface area contributed by atoms with Crippen molar-refractivity contribution >= 4 is 0 Å². The predicted molar refractivity (Wildman–Crippen MR) is 66.6 cm³/mol. The molecule has 0 saturated heterocycles. The molecule has 0 spiro atoms. The van der Waals surface area contributed by atoms with Gasteiger partial charge in [-0.2, -0.15) is 4.98 Å². The maximum absolute atomic E-state index is 9.77. The molecule has 1 heterocycles. The number of nitrogens with zero attached hydrogens (tertiary/aromatic N) is 2. The van der Waals surface area contributed by atoms with Crippen LogP contribution in [0.1, 0.15) is 52.3 Å². The van der Waals surface area contributed by atoms with Gasteiger partial charge in [-0.25, -0.2) is 0 Å². The van der Waals surface area contributed by atoms with Gasteiger partial charge in [0.25, 0.3) is 0 Å². The number of aliphatic hydroxyl groups is 1. The van der Waals surface area contributed by atoms with Gasteiger partial charge in [0.2, 0.25) is 5.89 Å². The molecule has 1 atom stereocenters. The summed E-state index contributed by atoms with van der Waals surface area (Å²) in [6.07, 6.45) is 2.76. The summed E-state index contributed by atoms with van der Waals surface area (Å²) in [5.41, 5.74) is 0. The van der Waals surface area contributed by atoms with Crippen LogP contribution in [0.25, 0.3) is 0 Å². The van der Waals surface area contributed by atoms with Crippen molar-refractivity contribution in [2.24, 2.45) is 11.8 Å². The molecule has 0 aliphatic heterocycles. The molecule has 0 saturated carbocycles. The zero-order valence-electron chi connectivity index (χ0n) is 11.3. The molecule has 1 rings (SSSR count). The van der Waals surface area contributed by atoms with Crippen LogP contribution in [0.4, 0.5) is 0 Å². The van der Waals surface area contributed by atoms with Gasteiger partial charge in [0.15, 0.2) is 5.82 Å². The van der Waals surface area contributed by atoms with Gasteiger partial charge in [-0.15, -0.1) is 0 Å². The van der Waals surface area contributed by atoms with E-state index in [-0.39, 0.29) is 6.10 Å². The van der Waals surface area contributed by atoms with E-state index in [0.29, 0.717) is 24.1 Å². The van der Waals surface area contributed by atoms with E-state index >= 15 is 0 Å². The van der Waals surface area contributed by atoms with Gasteiger partial charge in [-0.1, -0.05) is 32.9 Å². The van der Waals surface area contributed by atoms with Crippen molar-refractivity contribution in [3.8, 4) is 0 Å². The number of hydrogen-bond donors (Lipinski definition) is 1. The van der Waals surface area contributed by atoms with E-state index in [1.54, 1.807) is 0 Å². The quantitative estimate of drug-likeness (QED) is 0.796. The van der Waals surface area contributed by atoms with Gasteiger partial charge in [0.1, 0.15) is 0 Å². The van der Waals surface area contributed by atoms with Gasteiger partial charge in [-0.05, 0) is 24.7 Å². The highest BCUT2D eigenvalue weighted by Gasteiger charge is 2.13. The summed E-state index contributed by atoms with van der Waals surface area (Å²) in [5.74, 6) is 2.43. The standard InChI is InChI=1S/C13H24N2O2/c1-9(2)5-6-12-14-13(17-15-12)8-11(16)7-10(3)4/h9-11,16H,5-8H2,1-4H3. The Bertz CT molecular complexity index is 321. The number of aromatic nitrogens is 2. The zero-order valence-corrected chi connectivity index (χ0v) is 11.3. The highest BCUT2D eigenvalue weighted by Crippen LogP contribution is 2.11. The van der Waals surface area contributed by atoms with Crippen LogP contribution >= 0.6 is 0 Å². The molecular formula is C13H24N2O2. The Morgan fingerprint density at radius 1 is 1.18 bits per heavy atom. The molecule has 1 aromatic rings. The van der Waals surface area contributed by atoms with Crippen LogP contribution in [-0.4, -0.2) is 21.4 Å². The molecule has 0 bridgehead atoms. The van der Waals surface area contributed by atoms with Crippen LogP contribution in [-0.2, 0) is 12.8 Å². The summed E-state index contributed by atoms with van der Waals surface area (Å²) >= 11 is 0. The van der Waals surface area contributed by atoms with Crippen LogP contribution < -0.4 is 0 Å². The Morgan fingerprint density at radius 3 is 2.47 bits per heavy atom. The zero-order chi connectivity index (χ0) is 12.8. The maximum atomic E-state index is 9.77. The van der Waals surface area contributed by atoms with Crippen molar-refractivity contribution in [2.75, 3.05) is 0 Å². The minimum atomic E-state index is -0.381. The molecule has 4 heteroatoms. The Hall–Kier alpha value is -0.900. The molecular weight excluding hydrogens is 216 g/mol. The fourth-order valence-electron chi connectivity index (χ4n) is 1.72. The molecule has 0 radical (unpaired) electrons. The normalized spacial score (nSPS) is 13.6. The molecule has 1 aromatic heterocycles. The first-order chi connectivity index (χ1) is 7.97. The van der Waals surface area contributed by atoms with Crippen molar-refractivity contribution in [3.05, 3.63) is 11.7 Å². The lowest BCUT2D eigenvalue weighted by Gasteiger charge is -2.09. The fraction of sp³-hybridized carbons (Fsp3) is 0.846. The first-order valence-corrected chi connectivity index (χ1v) is 6.47. The van der Waals surface area contributed by atoms with E-state index in [4.69, 9.17) is 4.52 Å². The van der Waals surface area contributed by atoms with Crippen LogP contribution in [0.15, 0.2) is 4.52 Å². The van der Waals surface area contributed by atoms with Crippen LogP contribution in [0.5, 0.6) is 0 Å². The predicted octanol–water partition coefficient (Wildman–Crippen LogP) is 2.61. The lowest BCUT2D eigenvalue weighted by Crippen LogP contribution is -2.13. The molecule has 0 amide bonds. The Kier molecular flexibility index (Phi) is 5.62. The lowest BCUT2D eigenvalue weighted by molar-refractivity contribution is 0.138. The molecule has 0 aliphatic rings. The Morgan fingerprint density at radius 2 is 1.88 bits per heavy atom. The molecule has 1 unspecified atom stereocenters. The van der Waals surface area contributed by atoms with E-state index in [2.05, 4.69) is 37.8 Å². The Balaban J connectivity index is 2.39. The molecule has 98 valence electrons. The second-order valence-corrected chi connectivity index (χ2v) is 5.52. The summed E-state index contributed by atoms with van der Waals surface area (Å²) in [6, 6.07) is 0. The molecule has 1 N–H and O–H groups in total. The maximum Gasteiger partial charge on any atom is 0.229 e. The minimum Gasteiger partial charge on any atom is -0.393 e. The van der Waals surface area contributed by atoms with E-state index in [1.165, 1.54) is 0 Å². The number of hydrogen-bond acceptors (Lipinski definition) is 4. The topological polar surface area (TPSA) is 59.2 Å². The highest BCUT2D eigenvalue weighted by atomic mass is 16.5. The van der Waals surface area contributed by atoms with Gasteiger partial charge in [0, 0.05) is 6.42 Å². The third-order valence-corrected chi connectivity index (χ3v) is 2.61. The van der Waals surface area contributed by atoms with Crippen molar-refractivity contribution < 1.29 is 9.63 Å². The van der Waals surface area contributed by atoms with Crippen molar-refractivity contribution in [3.63, 3.8) is 0 Å². The van der Waals surface area contributed by atoms with Crippen molar-refractivity contribution in [1.29, 1.82) is 0 Å². The fourth-order valence-corrected chi connectivity index (χ4v) is 1.72. The second kappa shape index (κ2) is 6.74. The summed E-state index contributed by atoms with van der Waals surface area (Å²) < 4.78 is 5.13. The number of aryl methyl sites for hydroxylation is 1. The van der Waals surface area contributed by atoms with Gasteiger partial charge in [-0.3, -0.25) is 0 Å². The second-order valence-electron chi connectivity index (χ2n) is 5.52. The molecule has 0 aromatic carbocycles. The molecule has 0 fully saturated rings. The largest absolute Gasteiger partial charge is 0.393 e. The summed E-state index contributed by atoms with van der Waals surface area (Å²) in [7, 11) is 0. The first kappa shape index (κ1) is 14.2. The third-order valence-electron chi connectivity index (χ3n) is 2.61. The van der Waals surface area contributed by atoms with E-state index in [1.807, 2.05) is 0 Å². The average molecular weight is 240 g/mol. The number of rotatable bonds is 7. The monoisotopic (exact) mass is 240 g/mol. The van der Waals surface area contributed by atoms with E-state index in [0.717, 1.165) is 25.1 Å². The number of aliphatic hydroxyl groups excluding tert-OH is 1. The molecule has 0 aliphatic carbocycles. The third kappa shape index (κ3) is 5.82. The van der Waals surface area contributed by atoms with Gasteiger partial charge in [0.05, 0.1) is 12.5 Å². The van der Waals surface area contributed by atoms with E-state index < -0.39 is 0 Å². The van der Waals surface area contributed by atoms with Gasteiger partial charge >= 0.3 is 0 Å². The lowest BCUT2D eigenvalue weighted by atomic mass is 10.0. The summed E-state index contributed by atoms with van der Waals surface area (Å²) in [4.78, 5) is 4.29. The van der Waals surface area contributed by atoms with Crippen molar-refractivity contribution in [2.45, 2.75) is 59.5 Å². The average Bonchev–Trinajstić information content (AvgIpc) is 2.61. The SMILES string of the molecule is CC(C)CCc1noc(CC(O)CC(C)C)n1. The summed E-state index contributed by atoms with van der Waals surface area (Å²) in [5, 5.41) is 13.7. The van der Waals surface area contributed by atoms with Crippen LogP contribution in [0.3, 0.4) is 0 Å².